The molecule has 0 saturated heterocycles. The molecule has 112 valence electrons. The molecule has 1 heterocycles. The largest absolute Gasteiger partial charge is 0.504 e. The number of carbonyl (C=O) groups is 1. The second-order valence-corrected chi connectivity index (χ2v) is 4.65. The summed E-state index contributed by atoms with van der Waals surface area (Å²) in [5.41, 5.74) is -0.0559. The molecule has 2 aromatic rings. The number of aliphatic hydroxyl groups is 1. The van der Waals surface area contributed by atoms with Gasteiger partial charge in [0.2, 0.25) is 0 Å². The van der Waals surface area contributed by atoms with E-state index in [4.69, 9.17) is 5.11 Å². The maximum absolute atomic E-state index is 13.6. The number of aromatic hydroxyl groups is 1. The summed E-state index contributed by atoms with van der Waals surface area (Å²) in [4.78, 5) is 11.9. The van der Waals surface area contributed by atoms with Gasteiger partial charge in [-0.2, -0.15) is 5.10 Å². The second-order valence-electron chi connectivity index (χ2n) is 4.65. The molecular formula is C14H16FN3O3. The van der Waals surface area contributed by atoms with Gasteiger partial charge in [0.1, 0.15) is 11.5 Å². The van der Waals surface area contributed by atoms with E-state index in [2.05, 4.69) is 10.4 Å². The number of para-hydroxylation sites is 1. The van der Waals surface area contributed by atoms with Crippen LogP contribution in [0.5, 0.6) is 5.75 Å². The Labute approximate surface area is 120 Å². The van der Waals surface area contributed by atoms with E-state index in [0.717, 1.165) is 4.68 Å². The third-order valence-corrected chi connectivity index (χ3v) is 2.86. The summed E-state index contributed by atoms with van der Waals surface area (Å²) in [5, 5.41) is 25.3. The molecule has 1 atom stereocenters. The van der Waals surface area contributed by atoms with Crippen molar-refractivity contribution in [3.63, 3.8) is 0 Å². The van der Waals surface area contributed by atoms with E-state index in [1.54, 1.807) is 13.0 Å². The fourth-order valence-corrected chi connectivity index (χ4v) is 1.77. The Morgan fingerprint density at radius 3 is 2.86 bits per heavy atom. The fraction of sp³-hybridized carbons (Fsp3) is 0.286. The fourth-order valence-electron chi connectivity index (χ4n) is 1.77. The van der Waals surface area contributed by atoms with E-state index < -0.39 is 17.8 Å². The number of carbonyl (C=O) groups excluding carboxylic acids is 1. The summed E-state index contributed by atoms with van der Waals surface area (Å²) in [7, 11) is 0. The van der Waals surface area contributed by atoms with Crippen molar-refractivity contribution in [3.05, 3.63) is 42.0 Å². The first-order valence-corrected chi connectivity index (χ1v) is 6.49. The minimum atomic E-state index is -0.580. The van der Waals surface area contributed by atoms with Crippen LogP contribution in [0.2, 0.25) is 0 Å². The van der Waals surface area contributed by atoms with E-state index in [9.17, 15) is 14.3 Å². The molecule has 7 heteroatoms. The van der Waals surface area contributed by atoms with Crippen LogP contribution in [0, 0.1) is 5.82 Å². The predicted octanol–water partition coefficient (Wildman–Crippen LogP) is 1.22. The maximum atomic E-state index is 13.6. The Bertz CT molecular complexity index is 640. The number of halogens is 1. The van der Waals surface area contributed by atoms with Gasteiger partial charge in [-0.05, 0) is 25.5 Å². The molecule has 0 saturated carbocycles. The predicted molar refractivity (Wildman–Crippen MR) is 73.8 cm³/mol. The molecule has 0 fully saturated rings. The molecule has 0 aliphatic heterocycles. The van der Waals surface area contributed by atoms with E-state index in [1.807, 2.05) is 0 Å². The minimum Gasteiger partial charge on any atom is -0.504 e. The monoisotopic (exact) mass is 293 g/mol. The van der Waals surface area contributed by atoms with Crippen LogP contribution in [0.15, 0.2) is 30.5 Å². The smallest absolute Gasteiger partial charge is 0.275 e. The number of amides is 1. The molecule has 0 bridgehead atoms. The van der Waals surface area contributed by atoms with Gasteiger partial charge in [-0.25, -0.2) is 9.07 Å². The molecule has 0 radical (unpaired) electrons. The Hall–Kier alpha value is -2.41. The number of aliphatic hydroxyl groups excluding tert-OH is 1. The van der Waals surface area contributed by atoms with Crippen molar-refractivity contribution >= 4 is 5.91 Å². The Morgan fingerprint density at radius 2 is 2.19 bits per heavy atom. The number of nitrogens with zero attached hydrogens (tertiary/aromatic N) is 2. The van der Waals surface area contributed by atoms with E-state index in [0.29, 0.717) is 6.42 Å². The lowest BCUT2D eigenvalue weighted by molar-refractivity contribution is 0.0937. The van der Waals surface area contributed by atoms with Gasteiger partial charge in [0, 0.05) is 6.54 Å². The van der Waals surface area contributed by atoms with Crippen LogP contribution in [0.4, 0.5) is 4.39 Å². The van der Waals surface area contributed by atoms with Crippen LogP contribution in [0.25, 0.3) is 5.69 Å². The highest BCUT2D eigenvalue weighted by Gasteiger charge is 2.17. The third-order valence-electron chi connectivity index (χ3n) is 2.86. The Morgan fingerprint density at radius 1 is 1.48 bits per heavy atom. The average molecular weight is 293 g/mol. The van der Waals surface area contributed by atoms with Gasteiger partial charge in [0.15, 0.2) is 11.4 Å². The number of hydrogen-bond donors (Lipinski definition) is 3. The molecule has 1 unspecified atom stereocenters. The van der Waals surface area contributed by atoms with Gasteiger partial charge in [0.05, 0.1) is 12.3 Å². The molecule has 1 aromatic heterocycles. The van der Waals surface area contributed by atoms with E-state index in [1.165, 1.54) is 24.4 Å². The number of benzene rings is 1. The summed E-state index contributed by atoms with van der Waals surface area (Å²) < 4.78 is 14.7. The summed E-state index contributed by atoms with van der Waals surface area (Å²) in [6.45, 7) is 1.86. The summed E-state index contributed by atoms with van der Waals surface area (Å²) >= 11 is 0. The standard InChI is InChI=1S/C14H16FN3O3/c1-9(19)6-7-16-14(21)13-12(20)8-18(17-13)11-5-3-2-4-10(11)15/h2-5,8-9,19-20H,6-7H2,1H3,(H,16,21). The number of hydrogen-bond acceptors (Lipinski definition) is 4. The molecule has 1 amide bonds. The molecule has 6 nitrogen and oxygen atoms in total. The van der Waals surface area contributed by atoms with Crippen molar-refractivity contribution < 1.29 is 19.4 Å². The lowest BCUT2D eigenvalue weighted by Crippen LogP contribution is -2.27. The van der Waals surface area contributed by atoms with Crippen molar-refractivity contribution in [2.45, 2.75) is 19.4 Å². The van der Waals surface area contributed by atoms with Crippen LogP contribution in [-0.4, -0.2) is 38.5 Å². The summed E-state index contributed by atoms with van der Waals surface area (Å²) in [6.07, 6.45) is 1.03. The third kappa shape index (κ3) is 3.57. The maximum Gasteiger partial charge on any atom is 0.275 e. The first-order valence-electron chi connectivity index (χ1n) is 6.49. The molecule has 0 spiro atoms. The van der Waals surface area contributed by atoms with Gasteiger partial charge < -0.3 is 15.5 Å². The second kappa shape index (κ2) is 6.36. The van der Waals surface area contributed by atoms with Crippen LogP contribution in [0.1, 0.15) is 23.8 Å². The first kappa shape index (κ1) is 15.0. The number of rotatable bonds is 5. The van der Waals surface area contributed by atoms with Crippen LogP contribution < -0.4 is 5.32 Å². The summed E-state index contributed by atoms with van der Waals surface area (Å²) in [5.74, 6) is -1.43. The molecule has 0 aliphatic rings. The Balaban J connectivity index is 2.16. The summed E-state index contributed by atoms with van der Waals surface area (Å²) in [6, 6.07) is 5.90. The highest BCUT2D eigenvalue weighted by atomic mass is 19.1. The normalized spacial score (nSPS) is 12.1. The van der Waals surface area contributed by atoms with E-state index in [-0.39, 0.29) is 23.7 Å². The SMILES string of the molecule is CC(O)CCNC(=O)c1nn(-c2ccccc2F)cc1O. The quantitative estimate of drug-likeness (QED) is 0.773. The van der Waals surface area contributed by atoms with Crippen molar-refractivity contribution in [3.8, 4) is 11.4 Å². The topological polar surface area (TPSA) is 87.4 Å². The van der Waals surface area contributed by atoms with Crippen molar-refractivity contribution in [2.75, 3.05) is 6.54 Å². The van der Waals surface area contributed by atoms with E-state index >= 15 is 0 Å². The first-order chi connectivity index (χ1) is 9.99. The van der Waals surface area contributed by atoms with Crippen LogP contribution in [-0.2, 0) is 0 Å². The average Bonchev–Trinajstić information content (AvgIpc) is 2.80. The van der Waals surface area contributed by atoms with Gasteiger partial charge in [-0.3, -0.25) is 4.79 Å². The Kier molecular flexibility index (Phi) is 4.54. The molecule has 21 heavy (non-hydrogen) atoms. The van der Waals surface area contributed by atoms with Gasteiger partial charge in [0.25, 0.3) is 5.91 Å². The highest BCUT2D eigenvalue weighted by Crippen LogP contribution is 2.19. The number of nitrogens with one attached hydrogen (secondary N) is 1. The zero-order valence-electron chi connectivity index (χ0n) is 11.5. The zero-order chi connectivity index (χ0) is 15.4. The van der Waals surface area contributed by atoms with Crippen molar-refractivity contribution in [1.82, 2.24) is 15.1 Å². The molecule has 2 rings (SSSR count). The molecule has 1 aromatic carbocycles. The van der Waals surface area contributed by atoms with Gasteiger partial charge >= 0.3 is 0 Å². The van der Waals surface area contributed by atoms with Crippen LogP contribution >= 0.6 is 0 Å². The molecule has 0 aliphatic carbocycles. The minimum absolute atomic E-state index is 0.135. The lowest BCUT2D eigenvalue weighted by atomic mass is 10.3. The highest BCUT2D eigenvalue weighted by molar-refractivity contribution is 5.94. The van der Waals surface area contributed by atoms with Crippen molar-refractivity contribution in [2.24, 2.45) is 0 Å². The lowest BCUT2D eigenvalue weighted by Gasteiger charge is -2.05. The van der Waals surface area contributed by atoms with Gasteiger partial charge in [-0.15, -0.1) is 0 Å². The zero-order valence-corrected chi connectivity index (χ0v) is 11.5. The van der Waals surface area contributed by atoms with Gasteiger partial charge in [-0.1, -0.05) is 12.1 Å². The van der Waals surface area contributed by atoms with Crippen molar-refractivity contribution in [1.29, 1.82) is 0 Å². The number of aromatic nitrogens is 2. The van der Waals surface area contributed by atoms with Crippen LogP contribution in [0.3, 0.4) is 0 Å². The molecule has 3 N–H and O–H groups in total. The molecular weight excluding hydrogens is 277 g/mol.